The lowest BCUT2D eigenvalue weighted by atomic mass is 10.2. The zero-order valence-corrected chi connectivity index (χ0v) is 13.3. The minimum atomic E-state index is 0.486. The maximum Gasteiger partial charge on any atom is 0.128 e. The van der Waals surface area contributed by atoms with Crippen molar-refractivity contribution in [3.05, 3.63) is 57.7 Å². The van der Waals surface area contributed by atoms with Crippen molar-refractivity contribution in [2.24, 2.45) is 0 Å². The molecule has 0 radical (unpaired) electrons. The van der Waals surface area contributed by atoms with Crippen LogP contribution in [-0.2, 0) is 6.54 Å². The lowest BCUT2D eigenvalue weighted by molar-refractivity contribution is 0.480. The van der Waals surface area contributed by atoms with Gasteiger partial charge in [-0.1, -0.05) is 32.0 Å². The molecule has 0 fully saturated rings. The van der Waals surface area contributed by atoms with Crippen molar-refractivity contribution in [1.82, 2.24) is 5.32 Å². The van der Waals surface area contributed by atoms with Crippen molar-refractivity contribution in [3.63, 3.8) is 0 Å². The van der Waals surface area contributed by atoms with Crippen LogP contribution >= 0.6 is 22.6 Å². The molecule has 0 amide bonds. The lowest BCUT2D eigenvalue weighted by Gasteiger charge is -2.10. The first-order chi connectivity index (χ1) is 9.13. The summed E-state index contributed by atoms with van der Waals surface area (Å²) in [4.78, 5) is 0. The number of nitrogens with one attached hydrogen (secondary N) is 1. The Kier molecular flexibility index (Phi) is 5.22. The Labute approximate surface area is 128 Å². The molecule has 0 bridgehead atoms. The fourth-order valence-corrected chi connectivity index (χ4v) is 2.22. The van der Waals surface area contributed by atoms with Gasteiger partial charge in [0.25, 0.3) is 0 Å². The molecule has 2 aromatic carbocycles. The molecule has 3 heteroatoms. The summed E-state index contributed by atoms with van der Waals surface area (Å²) in [6.45, 7) is 5.15. The molecular formula is C16H18INO. The molecule has 0 saturated heterocycles. The third kappa shape index (κ3) is 4.84. The Morgan fingerprint density at radius 1 is 1.05 bits per heavy atom. The van der Waals surface area contributed by atoms with E-state index >= 15 is 0 Å². The minimum absolute atomic E-state index is 0.486. The summed E-state index contributed by atoms with van der Waals surface area (Å²) in [6, 6.07) is 16.7. The van der Waals surface area contributed by atoms with Crippen molar-refractivity contribution >= 4 is 22.6 Å². The molecule has 0 spiro atoms. The summed E-state index contributed by atoms with van der Waals surface area (Å²) in [5.74, 6) is 1.76. The van der Waals surface area contributed by atoms with E-state index in [-0.39, 0.29) is 0 Å². The third-order valence-corrected chi connectivity index (χ3v) is 3.32. The lowest BCUT2D eigenvalue weighted by Crippen LogP contribution is -2.21. The van der Waals surface area contributed by atoms with Crippen LogP contribution in [0, 0.1) is 3.57 Å². The fourth-order valence-electron chi connectivity index (χ4n) is 1.71. The predicted molar refractivity (Wildman–Crippen MR) is 87.7 cm³/mol. The molecular weight excluding hydrogens is 349 g/mol. The second-order valence-corrected chi connectivity index (χ2v) is 5.99. The van der Waals surface area contributed by atoms with Gasteiger partial charge < -0.3 is 10.1 Å². The number of hydrogen-bond acceptors (Lipinski definition) is 2. The molecule has 1 N–H and O–H groups in total. The predicted octanol–water partition coefficient (Wildman–Crippen LogP) is 4.58. The summed E-state index contributed by atoms with van der Waals surface area (Å²) in [6.07, 6.45) is 0. The Morgan fingerprint density at radius 2 is 1.74 bits per heavy atom. The van der Waals surface area contributed by atoms with Gasteiger partial charge >= 0.3 is 0 Å². The molecule has 0 aliphatic rings. The van der Waals surface area contributed by atoms with Gasteiger partial charge in [0.15, 0.2) is 0 Å². The molecule has 2 aromatic rings. The highest BCUT2D eigenvalue weighted by molar-refractivity contribution is 14.1. The number of rotatable bonds is 5. The van der Waals surface area contributed by atoms with Gasteiger partial charge in [0.05, 0.1) is 0 Å². The summed E-state index contributed by atoms with van der Waals surface area (Å²) in [5, 5.41) is 3.41. The van der Waals surface area contributed by atoms with Crippen LogP contribution in [0.1, 0.15) is 19.4 Å². The summed E-state index contributed by atoms with van der Waals surface area (Å²) in [7, 11) is 0. The average molecular weight is 367 g/mol. The molecule has 100 valence electrons. The van der Waals surface area contributed by atoms with Crippen LogP contribution in [0.2, 0.25) is 0 Å². The highest BCUT2D eigenvalue weighted by atomic mass is 127. The first-order valence-electron chi connectivity index (χ1n) is 6.39. The van der Waals surface area contributed by atoms with Gasteiger partial charge in [0, 0.05) is 16.2 Å². The van der Waals surface area contributed by atoms with Gasteiger partial charge in [-0.05, 0) is 58.5 Å². The maximum atomic E-state index is 5.87. The van der Waals surface area contributed by atoms with Gasteiger partial charge in [0.2, 0.25) is 0 Å². The van der Waals surface area contributed by atoms with E-state index in [1.54, 1.807) is 0 Å². The standard InChI is InChI=1S/C16H18INO/c1-12(2)18-11-13-5-3-7-15(9-13)19-16-8-4-6-14(17)10-16/h3-10,12,18H,11H2,1-2H3. The molecule has 2 rings (SSSR count). The first kappa shape index (κ1) is 14.3. The first-order valence-corrected chi connectivity index (χ1v) is 7.47. The number of halogens is 1. The Bertz CT molecular complexity index is 540. The smallest absolute Gasteiger partial charge is 0.128 e. The largest absolute Gasteiger partial charge is 0.457 e. The van der Waals surface area contributed by atoms with E-state index in [4.69, 9.17) is 4.74 Å². The van der Waals surface area contributed by atoms with Gasteiger partial charge in [-0.2, -0.15) is 0 Å². The summed E-state index contributed by atoms with van der Waals surface area (Å²) in [5.41, 5.74) is 1.23. The van der Waals surface area contributed by atoms with Crippen molar-refractivity contribution in [1.29, 1.82) is 0 Å². The van der Waals surface area contributed by atoms with E-state index in [1.807, 2.05) is 30.3 Å². The zero-order valence-electron chi connectivity index (χ0n) is 11.2. The van der Waals surface area contributed by atoms with E-state index in [1.165, 1.54) is 9.13 Å². The van der Waals surface area contributed by atoms with Crippen LogP contribution in [-0.4, -0.2) is 6.04 Å². The van der Waals surface area contributed by atoms with E-state index in [0.29, 0.717) is 6.04 Å². The Balaban J connectivity index is 2.06. The van der Waals surface area contributed by atoms with Gasteiger partial charge in [-0.25, -0.2) is 0 Å². The fraction of sp³-hybridized carbons (Fsp3) is 0.250. The normalized spacial score (nSPS) is 10.7. The Morgan fingerprint density at radius 3 is 2.42 bits per heavy atom. The molecule has 2 nitrogen and oxygen atoms in total. The zero-order chi connectivity index (χ0) is 13.7. The monoisotopic (exact) mass is 367 g/mol. The van der Waals surface area contributed by atoms with Crippen LogP contribution in [0.3, 0.4) is 0 Å². The summed E-state index contributed by atoms with van der Waals surface area (Å²) >= 11 is 2.29. The van der Waals surface area contributed by atoms with E-state index in [0.717, 1.165) is 18.0 Å². The molecule has 0 saturated carbocycles. The van der Waals surface area contributed by atoms with Crippen molar-refractivity contribution in [3.8, 4) is 11.5 Å². The number of benzene rings is 2. The Hall–Kier alpha value is -1.07. The van der Waals surface area contributed by atoms with Crippen LogP contribution in [0.5, 0.6) is 11.5 Å². The summed E-state index contributed by atoms with van der Waals surface area (Å²) < 4.78 is 7.05. The average Bonchev–Trinajstić information content (AvgIpc) is 2.37. The number of hydrogen-bond donors (Lipinski definition) is 1. The molecule has 0 heterocycles. The van der Waals surface area contributed by atoms with Gasteiger partial charge in [-0.15, -0.1) is 0 Å². The second-order valence-electron chi connectivity index (χ2n) is 4.74. The molecule has 0 unspecified atom stereocenters. The number of ether oxygens (including phenoxy) is 1. The van der Waals surface area contributed by atoms with Gasteiger partial charge in [-0.3, -0.25) is 0 Å². The quantitative estimate of drug-likeness (QED) is 0.781. The van der Waals surface area contributed by atoms with Crippen LogP contribution in [0.15, 0.2) is 48.5 Å². The molecule has 19 heavy (non-hydrogen) atoms. The maximum absolute atomic E-state index is 5.87. The molecule has 0 aliphatic heterocycles. The SMILES string of the molecule is CC(C)NCc1cccc(Oc2cccc(I)c2)c1. The molecule has 0 aromatic heterocycles. The molecule has 0 aliphatic carbocycles. The third-order valence-electron chi connectivity index (χ3n) is 2.64. The van der Waals surface area contributed by atoms with Crippen molar-refractivity contribution < 1.29 is 4.74 Å². The van der Waals surface area contributed by atoms with Crippen molar-refractivity contribution in [2.75, 3.05) is 0 Å². The van der Waals surface area contributed by atoms with Crippen molar-refractivity contribution in [2.45, 2.75) is 26.4 Å². The van der Waals surface area contributed by atoms with E-state index < -0.39 is 0 Å². The highest BCUT2D eigenvalue weighted by Gasteiger charge is 2.00. The van der Waals surface area contributed by atoms with Crippen LogP contribution < -0.4 is 10.1 Å². The minimum Gasteiger partial charge on any atom is -0.457 e. The second kappa shape index (κ2) is 6.91. The van der Waals surface area contributed by atoms with E-state index in [9.17, 15) is 0 Å². The van der Waals surface area contributed by atoms with Gasteiger partial charge in [0.1, 0.15) is 11.5 Å². The van der Waals surface area contributed by atoms with E-state index in [2.05, 4.69) is 60.0 Å². The van der Waals surface area contributed by atoms with Crippen LogP contribution in [0.25, 0.3) is 0 Å². The van der Waals surface area contributed by atoms with Crippen LogP contribution in [0.4, 0.5) is 0 Å². The topological polar surface area (TPSA) is 21.3 Å². The molecule has 0 atom stereocenters. The highest BCUT2D eigenvalue weighted by Crippen LogP contribution is 2.23.